The molecule has 0 saturated carbocycles. The lowest BCUT2D eigenvalue weighted by atomic mass is 10.0. The number of hydrogen-bond donors (Lipinski definition) is 0. The van der Waals surface area contributed by atoms with E-state index in [1.165, 1.54) is 11.1 Å². The van der Waals surface area contributed by atoms with Gasteiger partial charge in [0.25, 0.3) is 0 Å². The Kier molecular flexibility index (Phi) is 3.45. The van der Waals surface area contributed by atoms with Crippen LogP contribution in [-0.4, -0.2) is 14.5 Å². The summed E-state index contributed by atoms with van der Waals surface area (Å²) in [7, 11) is 0. The third-order valence-corrected chi connectivity index (χ3v) is 3.95. The van der Waals surface area contributed by atoms with Gasteiger partial charge in [0.15, 0.2) is 0 Å². The maximum absolute atomic E-state index is 6.07. The first-order chi connectivity index (χ1) is 9.72. The molecule has 3 rings (SSSR count). The maximum Gasteiger partial charge on any atom is 0.125 e. The molecule has 0 bridgehead atoms. The Hall–Kier alpha value is -1.87. The van der Waals surface area contributed by atoms with Crippen molar-refractivity contribution in [3.05, 3.63) is 59.7 Å². The number of benzene rings is 1. The zero-order valence-corrected chi connectivity index (χ0v) is 12.3. The van der Waals surface area contributed by atoms with E-state index in [4.69, 9.17) is 11.6 Å². The summed E-state index contributed by atoms with van der Waals surface area (Å²) in [6, 6.07) is 10.6. The van der Waals surface area contributed by atoms with Gasteiger partial charge in [0.1, 0.15) is 11.3 Å². The number of imidazole rings is 1. The third kappa shape index (κ3) is 2.08. The first-order valence-electron chi connectivity index (χ1n) is 6.64. The fourth-order valence-corrected chi connectivity index (χ4v) is 2.91. The third-order valence-electron chi connectivity index (χ3n) is 3.71. The molecule has 0 saturated heterocycles. The normalized spacial score (nSPS) is 12.8. The second kappa shape index (κ2) is 5.25. The van der Waals surface area contributed by atoms with E-state index < -0.39 is 0 Å². The van der Waals surface area contributed by atoms with Gasteiger partial charge in [-0.05, 0) is 31.0 Å². The lowest BCUT2D eigenvalue weighted by Crippen LogP contribution is -2.11. The molecular formula is C16H16ClN3. The molecule has 0 aliphatic heterocycles. The quantitative estimate of drug-likeness (QED) is 0.679. The fourth-order valence-electron chi connectivity index (χ4n) is 2.72. The molecule has 0 aliphatic rings. The minimum absolute atomic E-state index is 0.192. The van der Waals surface area contributed by atoms with Crippen molar-refractivity contribution in [3.8, 4) is 0 Å². The highest BCUT2D eigenvalue weighted by Gasteiger charge is 2.17. The van der Waals surface area contributed by atoms with Crippen LogP contribution in [0.5, 0.6) is 0 Å². The molecule has 1 atom stereocenters. The van der Waals surface area contributed by atoms with Gasteiger partial charge in [-0.2, -0.15) is 0 Å². The van der Waals surface area contributed by atoms with Gasteiger partial charge in [0.05, 0.1) is 23.6 Å². The Morgan fingerprint density at radius 3 is 2.80 bits per heavy atom. The second-order valence-electron chi connectivity index (χ2n) is 4.93. The van der Waals surface area contributed by atoms with Gasteiger partial charge in [-0.1, -0.05) is 24.3 Å². The van der Waals surface area contributed by atoms with Crippen LogP contribution in [0.15, 0.2) is 42.7 Å². The largest absolute Gasteiger partial charge is 0.320 e. The van der Waals surface area contributed by atoms with Crippen LogP contribution in [0.1, 0.15) is 29.9 Å². The average Bonchev–Trinajstić information content (AvgIpc) is 2.85. The minimum Gasteiger partial charge on any atom is -0.320 e. The maximum atomic E-state index is 6.07. The predicted molar refractivity (Wildman–Crippen MR) is 82.1 cm³/mol. The number of alkyl halides is 1. The molecule has 1 unspecified atom stereocenters. The molecule has 3 nitrogen and oxygen atoms in total. The first-order valence-corrected chi connectivity index (χ1v) is 7.18. The summed E-state index contributed by atoms with van der Waals surface area (Å²) in [6.07, 6.45) is 3.58. The topological polar surface area (TPSA) is 30.7 Å². The molecular weight excluding hydrogens is 270 g/mol. The van der Waals surface area contributed by atoms with Crippen LogP contribution in [0.2, 0.25) is 0 Å². The Bertz CT molecular complexity index is 748. The van der Waals surface area contributed by atoms with E-state index in [1.54, 1.807) is 12.4 Å². The molecule has 4 heteroatoms. The fraction of sp³-hybridized carbons (Fsp3) is 0.250. The lowest BCUT2D eigenvalue weighted by Gasteiger charge is -2.19. The van der Waals surface area contributed by atoms with E-state index in [2.05, 4.69) is 52.6 Å². The van der Waals surface area contributed by atoms with Crippen LogP contribution < -0.4 is 0 Å². The number of halogens is 1. The summed E-state index contributed by atoms with van der Waals surface area (Å²) in [4.78, 5) is 8.71. The number of aryl methyl sites for hydroxylation is 1. The standard InChI is InChI=1S/C16H16ClN3/c1-11-5-3-4-6-13(11)12(2)20-15-7-8-18-10-14(15)19-16(20)9-17/h3-8,10,12H,9H2,1-2H3. The number of rotatable bonds is 3. The van der Waals surface area contributed by atoms with Crippen molar-refractivity contribution < 1.29 is 0 Å². The smallest absolute Gasteiger partial charge is 0.125 e. The minimum atomic E-state index is 0.192. The van der Waals surface area contributed by atoms with Crippen molar-refractivity contribution in [2.45, 2.75) is 25.8 Å². The van der Waals surface area contributed by atoms with Crippen LogP contribution in [0.4, 0.5) is 0 Å². The van der Waals surface area contributed by atoms with Crippen molar-refractivity contribution in [3.63, 3.8) is 0 Å². The van der Waals surface area contributed by atoms with Crippen molar-refractivity contribution in [1.82, 2.24) is 14.5 Å². The summed E-state index contributed by atoms with van der Waals surface area (Å²) >= 11 is 6.07. The second-order valence-corrected chi connectivity index (χ2v) is 5.20. The number of aromatic nitrogens is 3. The molecule has 2 heterocycles. The van der Waals surface area contributed by atoms with E-state index in [-0.39, 0.29) is 6.04 Å². The molecule has 0 N–H and O–H groups in total. The van der Waals surface area contributed by atoms with Gasteiger partial charge in [0, 0.05) is 6.20 Å². The van der Waals surface area contributed by atoms with E-state index in [9.17, 15) is 0 Å². The Morgan fingerprint density at radius 1 is 1.25 bits per heavy atom. The van der Waals surface area contributed by atoms with Crippen LogP contribution in [0, 0.1) is 6.92 Å². The molecule has 0 radical (unpaired) electrons. The number of fused-ring (bicyclic) bond motifs is 1. The molecule has 0 aliphatic carbocycles. The van der Waals surface area contributed by atoms with Gasteiger partial charge in [-0.3, -0.25) is 4.98 Å². The highest BCUT2D eigenvalue weighted by Crippen LogP contribution is 2.28. The SMILES string of the molecule is Cc1ccccc1C(C)n1c(CCl)nc2cnccc21. The van der Waals surface area contributed by atoms with Gasteiger partial charge in [-0.15, -0.1) is 11.6 Å². The van der Waals surface area contributed by atoms with E-state index >= 15 is 0 Å². The number of nitrogens with zero attached hydrogens (tertiary/aromatic N) is 3. The Morgan fingerprint density at radius 2 is 2.05 bits per heavy atom. The summed E-state index contributed by atoms with van der Waals surface area (Å²) in [5, 5.41) is 0. The first kappa shape index (κ1) is 13.1. The summed E-state index contributed by atoms with van der Waals surface area (Å²) in [5.74, 6) is 1.27. The van der Waals surface area contributed by atoms with Gasteiger partial charge in [0.2, 0.25) is 0 Å². The van der Waals surface area contributed by atoms with E-state index in [0.29, 0.717) is 5.88 Å². The lowest BCUT2D eigenvalue weighted by molar-refractivity contribution is 0.630. The van der Waals surface area contributed by atoms with E-state index in [0.717, 1.165) is 16.9 Å². The molecule has 102 valence electrons. The van der Waals surface area contributed by atoms with Crippen LogP contribution in [-0.2, 0) is 5.88 Å². The zero-order chi connectivity index (χ0) is 14.1. The summed E-state index contributed by atoms with van der Waals surface area (Å²) < 4.78 is 2.20. The van der Waals surface area contributed by atoms with Crippen LogP contribution in [0.25, 0.3) is 11.0 Å². The van der Waals surface area contributed by atoms with Crippen molar-refractivity contribution >= 4 is 22.6 Å². The number of pyridine rings is 1. The number of hydrogen-bond acceptors (Lipinski definition) is 2. The van der Waals surface area contributed by atoms with Gasteiger partial charge in [-0.25, -0.2) is 4.98 Å². The van der Waals surface area contributed by atoms with Gasteiger partial charge < -0.3 is 4.57 Å². The molecule has 20 heavy (non-hydrogen) atoms. The monoisotopic (exact) mass is 285 g/mol. The molecule has 0 spiro atoms. The van der Waals surface area contributed by atoms with Crippen molar-refractivity contribution in [2.24, 2.45) is 0 Å². The van der Waals surface area contributed by atoms with Gasteiger partial charge >= 0.3 is 0 Å². The molecule has 0 fully saturated rings. The van der Waals surface area contributed by atoms with Crippen LogP contribution in [0.3, 0.4) is 0 Å². The summed E-state index contributed by atoms with van der Waals surface area (Å²) in [5.41, 5.74) is 4.53. The average molecular weight is 286 g/mol. The molecule has 1 aromatic carbocycles. The highest BCUT2D eigenvalue weighted by molar-refractivity contribution is 6.16. The van der Waals surface area contributed by atoms with Crippen molar-refractivity contribution in [1.29, 1.82) is 0 Å². The summed E-state index contributed by atoms with van der Waals surface area (Å²) in [6.45, 7) is 4.31. The van der Waals surface area contributed by atoms with Crippen LogP contribution >= 0.6 is 11.6 Å². The molecule has 2 aromatic heterocycles. The Balaban J connectivity index is 2.21. The molecule has 0 amide bonds. The molecule has 3 aromatic rings. The van der Waals surface area contributed by atoms with Crippen molar-refractivity contribution in [2.75, 3.05) is 0 Å². The van der Waals surface area contributed by atoms with E-state index in [1.807, 2.05) is 6.07 Å². The Labute approximate surface area is 123 Å². The highest BCUT2D eigenvalue weighted by atomic mass is 35.5. The zero-order valence-electron chi connectivity index (χ0n) is 11.5. The predicted octanol–water partition coefficient (Wildman–Crippen LogP) is 4.09.